The summed E-state index contributed by atoms with van der Waals surface area (Å²) in [5.41, 5.74) is 1.36. The number of nitrogens with zero attached hydrogens (tertiary/aromatic N) is 2. The minimum absolute atomic E-state index is 0.0446. The Hall–Kier alpha value is -1.20. The molecule has 3 rings (SSSR count). The molecule has 1 radical (unpaired) electrons. The Bertz CT molecular complexity index is 421. The van der Waals surface area contributed by atoms with E-state index in [2.05, 4.69) is 6.07 Å². The summed E-state index contributed by atoms with van der Waals surface area (Å²) < 4.78 is 32.4. The highest BCUT2D eigenvalue weighted by molar-refractivity contribution is 5.56. The van der Waals surface area contributed by atoms with Crippen molar-refractivity contribution in [1.82, 2.24) is 5.23 Å². The molecule has 5 heteroatoms. The molecule has 17 heavy (non-hydrogen) atoms. The van der Waals surface area contributed by atoms with Gasteiger partial charge in [-0.1, -0.05) is 5.23 Å². The monoisotopic (exact) mass is 239 g/mol. The summed E-state index contributed by atoms with van der Waals surface area (Å²) in [6.45, 7) is 1.36. The fourth-order valence-corrected chi connectivity index (χ4v) is 2.45. The maximum absolute atomic E-state index is 13.9. The van der Waals surface area contributed by atoms with Crippen molar-refractivity contribution >= 4 is 5.69 Å². The van der Waals surface area contributed by atoms with E-state index < -0.39 is 5.82 Å². The summed E-state index contributed by atoms with van der Waals surface area (Å²) in [6, 6.07) is 5.26. The average molecular weight is 239 g/mol. The number of benzene rings is 1. The molecule has 2 aliphatic heterocycles. The normalized spacial score (nSPS) is 25.1. The van der Waals surface area contributed by atoms with Crippen molar-refractivity contribution in [3.8, 4) is 0 Å². The van der Waals surface area contributed by atoms with Crippen molar-refractivity contribution in [2.45, 2.75) is 25.4 Å². The summed E-state index contributed by atoms with van der Waals surface area (Å²) in [4.78, 5) is 0. The van der Waals surface area contributed by atoms with Gasteiger partial charge in [-0.05, 0) is 30.5 Å². The van der Waals surface area contributed by atoms with Crippen molar-refractivity contribution in [2.75, 3.05) is 18.2 Å². The van der Waals surface area contributed by atoms with E-state index in [0.717, 1.165) is 25.0 Å². The van der Waals surface area contributed by atoms with Crippen molar-refractivity contribution < 1.29 is 13.6 Å². The van der Waals surface area contributed by atoms with Gasteiger partial charge in [0.15, 0.2) is 0 Å². The van der Waals surface area contributed by atoms with Crippen molar-refractivity contribution in [3.05, 3.63) is 29.6 Å². The highest BCUT2D eigenvalue weighted by Crippen LogP contribution is 2.35. The van der Waals surface area contributed by atoms with Crippen molar-refractivity contribution in [1.29, 1.82) is 0 Å². The molecule has 0 bridgehead atoms. The van der Waals surface area contributed by atoms with Crippen LogP contribution in [0.5, 0.6) is 0 Å². The quantitative estimate of drug-likeness (QED) is 0.699. The van der Waals surface area contributed by atoms with Gasteiger partial charge in [0.05, 0.1) is 24.9 Å². The van der Waals surface area contributed by atoms with Gasteiger partial charge >= 0.3 is 0 Å². The molecule has 1 fully saturated rings. The first-order chi connectivity index (χ1) is 8.25. The molecule has 0 spiro atoms. The van der Waals surface area contributed by atoms with Crippen LogP contribution in [0.25, 0.3) is 0 Å². The second-order valence-electron chi connectivity index (χ2n) is 4.40. The largest absolute Gasteiger partial charge is 0.379 e. The van der Waals surface area contributed by atoms with E-state index in [0.29, 0.717) is 17.5 Å². The number of hydrogen-bond acceptors (Lipinski definition) is 3. The average Bonchev–Trinajstić information content (AvgIpc) is 2.65. The molecule has 0 aromatic heterocycles. The lowest BCUT2D eigenvalue weighted by atomic mass is 10.1. The minimum atomic E-state index is -0.458. The molecule has 0 saturated carbocycles. The molecule has 2 heterocycles. The van der Waals surface area contributed by atoms with Crippen LogP contribution in [0.15, 0.2) is 12.1 Å². The van der Waals surface area contributed by atoms with E-state index in [9.17, 15) is 8.87 Å². The molecule has 1 atom stereocenters. The van der Waals surface area contributed by atoms with E-state index in [-0.39, 0.29) is 12.6 Å². The minimum Gasteiger partial charge on any atom is -0.379 e. The third kappa shape index (κ3) is 1.89. The Kier molecular flexibility index (Phi) is 2.72. The second kappa shape index (κ2) is 4.23. The highest BCUT2D eigenvalue weighted by atomic mass is 19.2. The third-order valence-electron chi connectivity index (χ3n) is 3.24. The van der Waals surface area contributed by atoms with Gasteiger partial charge in [0.2, 0.25) is 0 Å². The molecule has 1 aromatic carbocycles. The van der Waals surface area contributed by atoms with Crippen LogP contribution in [0.4, 0.5) is 14.6 Å². The van der Waals surface area contributed by atoms with Gasteiger partial charge in [-0.2, -0.15) is 0 Å². The Morgan fingerprint density at radius 2 is 2.35 bits per heavy atom. The van der Waals surface area contributed by atoms with Gasteiger partial charge in [-0.25, -0.2) is 4.39 Å². The molecule has 0 aliphatic carbocycles. The zero-order valence-electron chi connectivity index (χ0n) is 9.33. The molecular weight excluding hydrogens is 226 g/mol. The molecule has 3 nitrogen and oxygen atoms in total. The lowest BCUT2D eigenvalue weighted by Crippen LogP contribution is -2.45. The molecular formula is C12H13F2N2O. The van der Waals surface area contributed by atoms with Gasteiger partial charge in [-0.3, -0.25) is 5.01 Å². The first-order valence-electron chi connectivity index (χ1n) is 5.76. The van der Waals surface area contributed by atoms with E-state index in [4.69, 9.17) is 4.74 Å². The number of halogens is 2. The molecule has 2 aliphatic rings. The number of anilines is 1. The fourth-order valence-electron chi connectivity index (χ4n) is 2.45. The van der Waals surface area contributed by atoms with Crippen molar-refractivity contribution in [2.24, 2.45) is 0 Å². The lowest BCUT2D eigenvalue weighted by Gasteiger charge is -2.34. The first kappa shape index (κ1) is 10.9. The smallest absolute Gasteiger partial charge is 0.133 e. The predicted molar refractivity (Wildman–Crippen MR) is 58.2 cm³/mol. The maximum atomic E-state index is 13.9. The van der Waals surface area contributed by atoms with Crippen molar-refractivity contribution in [3.63, 3.8) is 0 Å². The SMILES string of the molecule is Fc1[c]cc2c(c1)N(C1CCCOC1)N(F)C2. The summed E-state index contributed by atoms with van der Waals surface area (Å²) in [6.07, 6.45) is 1.77. The molecule has 0 amide bonds. The lowest BCUT2D eigenvalue weighted by molar-refractivity contribution is -0.0228. The predicted octanol–water partition coefficient (Wildman–Crippen LogP) is 2.23. The Morgan fingerprint density at radius 1 is 1.47 bits per heavy atom. The first-order valence-corrected chi connectivity index (χ1v) is 5.76. The Labute approximate surface area is 98.5 Å². The Morgan fingerprint density at radius 3 is 3.12 bits per heavy atom. The van der Waals surface area contributed by atoms with Crippen LogP contribution in [-0.2, 0) is 11.3 Å². The summed E-state index contributed by atoms with van der Waals surface area (Å²) >= 11 is 0. The van der Waals surface area contributed by atoms with Gasteiger partial charge < -0.3 is 4.74 Å². The van der Waals surface area contributed by atoms with Crippen LogP contribution < -0.4 is 5.01 Å². The van der Waals surface area contributed by atoms with E-state index >= 15 is 0 Å². The molecule has 91 valence electrons. The number of hydrazine groups is 1. The van der Waals surface area contributed by atoms with Crippen LogP contribution in [0.2, 0.25) is 0 Å². The summed E-state index contributed by atoms with van der Waals surface area (Å²) in [7, 11) is 0. The van der Waals surface area contributed by atoms with Crippen LogP contribution >= 0.6 is 0 Å². The number of fused-ring (bicyclic) bond motifs is 1. The second-order valence-corrected chi connectivity index (χ2v) is 4.40. The van der Waals surface area contributed by atoms with Crippen LogP contribution in [0, 0.1) is 11.9 Å². The standard InChI is InChI=1S/C12H13F2N2O/c13-10-4-3-9-7-15(14)16(12(9)6-10)11-2-1-5-17-8-11/h3,6,11H,1-2,5,7-8H2. The number of rotatable bonds is 1. The molecule has 1 unspecified atom stereocenters. The topological polar surface area (TPSA) is 15.7 Å². The Balaban J connectivity index is 1.92. The summed E-state index contributed by atoms with van der Waals surface area (Å²) in [5.74, 6) is -0.458. The third-order valence-corrected chi connectivity index (χ3v) is 3.24. The van der Waals surface area contributed by atoms with Crippen LogP contribution in [-0.4, -0.2) is 24.5 Å². The number of ether oxygens (including phenoxy) is 1. The van der Waals surface area contributed by atoms with E-state index in [1.807, 2.05) is 0 Å². The van der Waals surface area contributed by atoms with Gasteiger partial charge in [0.1, 0.15) is 5.82 Å². The van der Waals surface area contributed by atoms with Gasteiger partial charge in [0, 0.05) is 12.7 Å². The maximum Gasteiger partial charge on any atom is 0.133 e. The molecule has 1 saturated heterocycles. The number of hydrogen-bond donors (Lipinski definition) is 0. The fraction of sp³-hybridized carbons (Fsp3) is 0.500. The zero-order valence-corrected chi connectivity index (χ0v) is 9.33. The van der Waals surface area contributed by atoms with Gasteiger partial charge in [0.25, 0.3) is 0 Å². The van der Waals surface area contributed by atoms with E-state index in [1.54, 1.807) is 0 Å². The highest BCUT2D eigenvalue weighted by Gasteiger charge is 2.34. The zero-order chi connectivity index (χ0) is 11.8. The summed E-state index contributed by atoms with van der Waals surface area (Å²) in [5, 5.41) is 2.14. The van der Waals surface area contributed by atoms with Gasteiger partial charge in [-0.15, -0.1) is 4.48 Å². The van der Waals surface area contributed by atoms with E-state index in [1.165, 1.54) is 17.1 Å². The molecule has 1 aromatic rings. The van der Waals surface area contributed by atoms with Crippen LogP contribution in [0.1, 0.15) is 18.4 Å². The molecule has 0 N–H and O–H groups in total. The van der Waals surface area contributed by atoms with Crippen LogP contribution in [0.3, 0.4) is 0 Å².